The highest BCUT2D eigenvalue weighted by atomic mass is 16.1. The first-order chi connectivity index (χ1) is 6.68. The molecule has 0 fully saturated rings. The number of hydrogen-bond donors (Lipinski definition) is 1. The molecule has 74 valence electrons. The fourth-order valence-electron chi connectivity index (χ4n) is 1.81. The van der Waals surface area contributed by atoms with Crippen molar-refractivity contribution in [1.82, 2.24) is 4.98 Å². The van der Waals surface area contributed by atoms with Crippen molar-refractivity contribution in [2.24, 2.45) is 11.8 Å². The van der Waals surface area contributed by atoms with Gasteiger partial charge in [-0.1, -0.05) is 13.8 Å². The number of anilines is 1. The molecule has 1 aromatic heterocycles. The lowest BCUT2D eigenvalue weighted by atomic mass is 9.86. The normalized spacial score (nSPS) is 20.5. The maximum atomic E-state index is 11.7. The van der Waals surface area contributed by atoms with Crippen molar-refractivity contribution in [3.63, 3.8) is 0 Å². The van der Waals surface area contributed by atoms with Crippen LogP contribution in [-0.2, 0) is 11.2 Å². The summed E-state index contributed by atoms with van der Waals surface area (Å²) in [5.74, 6) is 0.605. The van der Waals surface area contributed by atoms with E-state index in [0.717, 1.165) is 17.7 Å². The Kier molecular flexibility index (Phi) is 2.23. The Morgan fingerprint density at radius 3 is 3.07 bits per heavy atom. The first-order valence-electron chi connectivity index (χ1n) is 4.92. The largest absolute Gasteiger partial charge is 0.325 e. The van der Waals surface area contributed by atoms with Gasteiger partial charge in [0.1, 0.15) is 0 Å². The van der Waals surface area contributed by atoms with Crippen LogP contribution in [0, 0.1) is 11.8 Å². The van der Waals surface area contributed by atoms with Crippen molar-refractivity contribution in [1.29, 1.82) is 0 Å². The molecule has 3 heteroatoms. The average Bonchev–Trinajstić information content (AvgIpc) is 2.16. The van der Waals surface area contributed by atoms with E-state index in [9.17, 15) is 4.79 Å². The molecule has 0 saturated heterocycles. The Hall–Kier alpha value is -1.38. The number of rotatable bonds is 1. The molecule has 14 heavy (non-hydrogen) atoms. The lowest BCUT2D eigenvalue weighted by Gasteiger charge is -2.26. The van der Waals surface area contributed by atoms with Crippen LogP contribution >= 0.6 is 0 Å². The zero-order valence-electron chi connectivity index (χ0n) is 8.45. The summed E-state index contributed by atoms with van der Waals surface area (Å²) in [6.45, 7) is 4.15. The third-order valence-corrected chi connectivity index (χ3v) is 2.74. The number of fused-ring (bicyclic) bond motifs is 1. The summed E-state index contributed by atoms with van der Waals surface area (Å²) >= 11 is 0. The highest BCUT2D eigenvalue weighted by molar-refractivity contribution is 5.95. The van der Waals surface area contributed by atoms with Crippen LogP contribution in [0.25, 0.3) is 0 Å². The number of carbonyl (C=O) groups excluding carboxylic acids is 1. The number of nitrogens with zero attached hydrogens (tertiary/aromatic N) is 1. The lowest BCUT2D eigenvalue weighted by molar-refractivity contribution is -0.121. The predicted molar refractivity (Wildman–Crippen MR) is 54.9 cm³/mol. The van der Waals surface area contributed by atoms with Gasteiger partial charge in [0.05, 0.1) is 0 Å². The van der Waals surface area contributed by atoms with Gasteiger partial charge in [0, 0.05) is 24.0 Å². The highest BCUT2D eigenvalue weighted by Gasteiger charge is 2.28. The Labute approximate surface area is 83.5 Å². The molecule has 1 aromatic rings. The maximum Gasteiger partial charge on any atom is 0.228 e. The fourth-order valence-corrected chi connectivity index (χ4v) is 1.81. The summed E-state index contributed by atoms with van der Waals surface area (Å²) in [7, 11) is 0. The van der Waals surface area contributed by atoms with Gasteiger partial charge in [-0.3, -0.25) is 9.78 Å². The van der Waals surface area contributed by atoms with Crippen molar-refractivity contribution >= 4 is 11.6 Å². The minimum absolute atomic E-state index is 0.0895. The van der Waals surface area contributed by atoms with Crippen molar-refractivity contribution in [3.8, 4) is 0 Å². The van der Waals surface area contributed by atoms with Gasteiger partial charge in [-0.15, -0.1) is 0 Å². The van der Waals surface area contributed by atoms with Crippen molar-refractivity contribution in [2.75, 3.05) is 5.32 Å². The molecule has 1 amide bonds. The van der Waals surface area contributed by atoms with E-state index in [-0.39, 0.29) is 11.8 Å². The Bertz CT molecular complexity index is 360. The summed E-state index contributed by atoms with van der Waals surface area (Å²) in [5.41, 5.74) is 2.06. The Morgan fingerprint density at radius 2 is 2.36 bits per heavy atom. The number of hydrogen-bond acceptors (Lipinski definition) is 2. The van der Waals surface area contributed by atoms with Gasteiger partial charge >= 0.3 is 0 Å². The van der Waals surface area contributed by atoms with Crippen LogP contribution in [0.4, 0.5) is 5.69 Å². The zero-order valence-corrected chi connectivity index (χ0v) is 8.45. The monoisotopic (exact) mass is 190 g/mol. The third-order valence-electron chi connectivity index (χ3n) is 2.74. The van der Waals surface area contributed by atoms with Crippen LogP contribution in [0.2, 0.25) is 0 Å². The molecular weight excluding hydrogens is 176 g/mol. The smallest absolute Gasteiger partial charge is 0.228 e. The number of amides is 1. The molecule has 1 atom stereocenters. The van der Waals surface area contributed by atoms with Gasteiger partial charge < -0.3 is 5.32 Å². The van der Waals surface area contributed by atoms with Gasteiger partial charge in [0.2, 0.25) is 5.91 Å². The van der Waals surface area contributed by atoms with E-state index in [1.165, 1.54) is 0 Å². The summed E-state index contributed by atoms with van der Waals surface area (Å²) in [6.07, 6.45) is 4.35. The van der Waals surface area contributed by atoms with E-state index in [1.54, 1.807) is 6.20 Å². The van der Waals surface area contributed by atoms with Crippen LogP contribution in [0.15, 0.2) is 18.5 Å². The van der Waals surface area contributed by atoms with Crippen LogP contribution < -0.4 is 5.32 Å². The molecule has 1 N–H and O–H groups in total. The highest BCUT2D eigenvalue weighted by Crippen LogP contribution is 2.28. The van der Waals surface area contributed by atoms with E-state index < -0.39 is 0 Å². The predicted octanol–water partition coefficient (Wildman–Crippen LogP) is 1.85. The van der Waals surface area contributed by atoms with Crippen LogP contribution in [0.3, 0.4) is 0 Å². The minimum Gasteiger partial charge on any atom is -0.325 e. The molecule has 1 unspecified atom stereocenters. The number of aromatic nitrogens is 1. The van der Waals surface area contributed by atoms with Gasteiger partial charge in [0.15, 0.2) is 0 Å². The molecular formula is C11H14N2O. The number of pyridine rings is 1. The Morgan fingerprint density at radius 1 is 1.57 bits per heavy atom. The minimum atomic E-state index is 0.0895. The van der Waals surface area contributed by atoms with Crippen LogP contribution in [0.5, 0.6) is 0 Å². The molecule has 1 aliphatic heterocycles. The molecule has 3 nitrogen and oxygen atoms in total. The van der Waals surface area contributed by atoms with Gasteiger partial charge in [-0.25, -0.2) is 0 Å². The molecule has 1 aliphatic rings. The van der Waals surface area contributed by atoms with Crippen LogP contribution in [0.1, 0.15) is 19.4 Å². The standard InChI is InChI=1S/C11H14N2O/c1-7(2)9-5-8-6-12-4-3-10(8)13-11(9)14/h3-4,6-7,9H,5H2,1-2H3,(H,13,14). The molecule has 0 aliphatic carbocycles. The molecule has 0 radical (unpaired) electrons. The SMILES string of the molecule is CC(C)C1Cc2cnccc2NC1=O. The molecule has 0 aromatic carbocycles. The van der Waals surface area contributed by atoms with Gasteiger partial charge in [0.25, 0.3) is 0 Å². The van der Waals surface area contributed by atoms with E-state index >= 15 is 0 Å². The molecule has 0 bridgehead atoms. The zero-order chi connectivity index (χ0) is 10.1. The van der Waals surface area contributed by atoms with E-state index in [1.807, 2.05) is 12.3 Å². The van der Waals surface area contributed by atoms with E-state index in [4.69, 9.17) is 0 Å². The summed E-state index contributed by atoms with van der Waals surface area (Å²) < 4.78 is 0. The quantitative estimate of drug-likeness (QED) is 0.734. The van der Waals surface area contributed by atoms with Crippen molar-refractivity contribution < 1.29 is 4.79 Å². The van der Waals surface area contributed by atoms with Gasteiger partial charge in [-0.05, 0) is 24.0 Å². The summed E-state index contributed by atoms with van der Waals surface area (Å²) in [6, 6.07) is 1.85. The van der Waals surface area contributed by atoms with Crippen molar-refractivity contribution in [3.05, 3.63) is 24.0 Å². The first-order valence-corrected chi connectivity index (χ1v) is 4.92. The molecule has 0 saturated carbocycles. The Balaban J connectivity index is 2.31. The molecule has 2 rings (SSSR count). The second-order valence-electron chi connectivity index (χ2n) is 4.08. The topological polar surface area (TPSA) is 42.0 Å². The van der Waals surface area contributed by atoms with E-state index in [2.05, 4.69) is 24.1 Å². The molecule has 2 heterocycles. The number of nitrogens with one attached hydrogen (secondary N) is 1. The second-order valence-corrected chi connectivity index (χ2v) is 4.08. The lowest BCUT2D eigenvalue weighted by Crippen LogP contribution is -2.33. The summed E-state index contributed by atoms with van der Waals surface area (Å²) in [5, 5.41) is 2.91. The third kappa shape index (κ3) is 1.50. The van der Waals surface area contributed by atoms with E-state index in [0.29, 0.717) is 5.92 Å². The first kappa shape index (κ1) is 9.19. The fraction of sp³-hybridized carbons (Fsp3) is 0.455. The van der Waals surface area contributed by atoms with Crippen LogP contribution in [-0.4, -0.2) is 10.9 Å². The average molecular weight is 190 g/mol. The second kappa shape index (κ2) is 3.40. The summed E-state index contributed by atoms with van der Waals surface area (Å²) in [4.78, 5) is 15.7. The van der Waals surface area contributed by atoms with Gasteiger partial charge in [-0.2, -0.15) is 0 Å². The molecule has 0 spiro atoms. The van der Waals surface area contributed by atoms with Crippen molar-refractivity contribution in [2.45, 2.75) is 20.3 Å². The number of carbonyl (C=O) groups is 1. The maximum absolute atomic E-state index is 11.7.